The van der Waals surface area contributed by atoms with Gasteiger partial charge in [0.1, 0.15) is 0 Å². The summed E-state index contributed by atoms with van der Waals surface area (Å²) < 4.78 is 0.934. The van der Waals surface area contributed by atoms with Gasteiger partial charge in [-0.1, -0.05) is 20.8 Å². The Morgan fingerprint density at radius 3 is 2.68 bits per heavy atom. The molecular weight excluding hydrogens is 248 g/mol. The SMILES string of the molecule is CC1[SH]2C3C4(C)CCC(CC5C6CCC6CC512)C34C. The van der Waals surface area contributed by atoms with E-state index in [4.69, 9.17) is 0 Å². The van der Waals surface area contributed by atoms with Gasteiger partial charge in [-0.05, 0) is 83.5 Å². The van der Waals surface area contributed by atoms with Gasteiger partial charge in [0.05, 0.1) is 0 Å². The van der Waals surface area contributed by atoms with E-state index < -0.39 is 0 Å². The van der Waals surface area contributed by atoms with Gasteiger partial charge in [-0.15, -0.1) is 0 Å². The molecule has 0 nitrogen and oxygen atoms in total. The van der Waals surface area contributed by atoms with Crippen molar-refractivity contribution in [2.24, 2.45) is 34.5 Å². The van der Waals surface area contributed by atoms with Crippen LogP contribution < -0.4 is 0 Å². The summed E-state index contributed by atoms with van der Waals surface area (Å²) in [6, 6.07) is 0. The predicted octanol–water partition coefficient (Wildman–Crippen LogP) is 4.38. The minimum Gasteiger partial charge on any atom is -0.239 e. The van der Waals surface area contributed by atoms with Crippen LogP contribution in [0.15, 0.2) is 0 Å². The van der Waals surface area contributed by atoms with Gasteiger partial charge < -0.3 is 0 Å². The van der Waals surface area contributed by atoms with Crippen molar-refractivity contribution in [2.75, 3.05) is 0 Å². The maximum absolute atomic E-state index is 2.72. The summed E-state index contributed by atoms with van der Waals surface area (Å²) in [6.07, 6.45) is 9.73. The zero-order valence-electron chi connectivity index (χ0n) is 12.7. The molecule has 0 bridgehead atoms. The lowest BCUT2D eigenvalue weighted by Gasteiger charge is -2.36. The predicted molar refractivity (Wildman–Crippen MR) is 82.8 cm³/mol. The molecular formula is C18H28S. The molecule has 1 heteroatoms. The summed E-state index contributed by atoms with van der Waals surface area (Å²) >= 11 is 0. The molecule has 0 aromatic heterocycles. The van der Waals surface area contributed by atoms with Gasteiger partial charge in [0.15, 0.2) is 0 Å². The third-order valence-electron chi connectivity index (χ3n) is 9.77. The minimum atomic E-state index is 0.414. The van der Waals surface area contributed by atoms with Crippen LogP contribution in [0.4, 0.5) is 0 Å². The number of fused-ring (bicyclic) bond motifs is 4. The third kappa shape index (κ3) is 0.820. The van der Waals surface area contributed by atoms with E-state index in [-0.39, 0.29) is 0 Å². The van der Waals surface area contributed by atoms with Crippen LogP contribution in [-0.2, 0) is 0 Å². The first-order valence-electron chi connectivity index (χ1n) is 8.83. The Kier molecular flexibility index (Phi) is 1.55. The maximum Gasteiger partial charge on any atom is 0.0118 e. The quantitative estimate of drug-likeness (QED) is 0.492. The van der Waals surface area contributed by atoms with Gasteiger partial charge in [-0.3, -0.25) is 0 Å². The van der Waals surface area contributed by atoms with E-state index in [1.807, 2.05) is 0 Å². The molecule has 10 atom stereocenters. The van der Waals surface area contributed by atoms with Crippen LogP contribution in [0.25, 0.3) is 0 Å². The lowest BCUT2D eigenvalue weighted by molar-refractivity contribution is 0.137. The molecule has 106 valence electrons. The molecule has 0 aromatic carbocycles. The number of rotatable bonds is 0. The number of hydrogen-bond donors (Lipinski definition) is 1. The Balaban J connectivity index is 1.51. The fraction of sp³-hybridized carbons (Fsp3) is 1.00. The monoisotopic (exact) mass is 276 g/mol. The van der Waals surface area contributed by atoms with Crippen molar-refractivity contribution in [1.82, 2.24) is 0 Å². The summed E-state index contributed by atoms with van der Waals surface area (Å²) in [5.41, 5.74) is 1.60. The molecule has 4 saturated carbocycles. The zero-order valence-corrected chi connectivity index (χ0v) is 13.5. The fourth-order valence-corrected chi connectivity index (χ4v) is 14.1. The minimum absolute atomic E-state index is 0.414. The topological polar surface area (TPSA) is 0 Å². The summed E-state index contributed by atoms with van der Waals surface area (Å²) in [6.45, 7) is 8.07. The lowest BCUT2D eigenvalue weighted by Crippen LogP contribution is -2.31. The van der Waals surface area contributed by atoms with Crippen LogP contribution in [-0.4, -0.2) is 15.2 Å². The van der Waals surface area contributed by atoms with Gasteiger partial charge in [0.2, 0.25) is 0 Å². The van der Waals surface area contributed by atoms with E-state index in [1.54, 1.807) is 38.5 Å². The van der Waals surface area contributed by atoms with Gasteiger partial charge in [0.25, 0.3) is 0 Å². The van der Waals surface area contributed by atoms with Gasteiger partial charge in [-0.2, -0.15) is 0 Å². The molecule has 0 N–H and O–H groups in total. The first kappa shape index (κ1) is 11.0. The molecule has 6 aliphatic rings. The Bertz CT molecular complexity index is 500. The summed E-state index contributed by atoms with van der Waals surface area (Å²) in [5, 5.41) is 2.36. The number of thiol groups is 1. The molecule has 2 saturated heterocycles. The van der Waals surface area contributed by atoms with Crippen molar-refractivity contribution in [2.45, 2.75) is 74.5 Å². The Morgan fingerprint density at radius 2 is 1.95 bits per heavy atom. The van der Waals surface area contributed by atoms with Crippen LogP contribution in [0, 0.1) is 34.5 Å². The van der Waals surface area contributed by atoms with Gasteiger partial charge in [0, 0.05) is 4.75 Å². The molecule has 10 unspecified atom stereocenters. The summed E-state index contributed by atoms with van der Waals surface area (Å²) in [4.78, 5) is 0. The Labute approximate surface area is 120 Å². The highest BCUT2D eigenvalue weighted by Gasteiger charge is 2.87. The summed E-state index contributed by atoms with van der Waals surface area (Å²) in [7, 11) is 0.414. The largest absolute Gasteiger partial charge is 0.239 e. The molecule has 1 spiro atoms. The first-order valence-corrected chi connectivity index (χ1v) is 10.3. The Hall–Kier alpha value is 0.350. The highest BCUT2D eigenvalue weighted by atomic mass is 32.2. The smallest absolute Gasteiger partial charge is 0.0118 e. The average molecular weight is 276 g/mol. The van der Waals surface area contributed by atoms with Crippen LogP contribution >= 0.6 is 10.9 Å². The molecule has 4 aliphatic carbocycles. The first-order chi connectivity index (χ1) is 9.05. The maximum atomic E-state index is 2.72. The average Bonchev–Trinajstić information content (AvgIpc) is 2.99. The third-order valence-corrected chi connectivity index (χ3v) is 14.3. The highest BCUT2D eigenvalue weighted by molar-refractivity contribution is 8.26. The second-order valence-corrected chi connectivity index (χ2v) is 12.4. The molecule has 0 aromatic rings. The molecule has 2 heterocycles. The van der Waals surface area contributed by atoms with E-state index in [2.05, 4.69) is 20.8 Å². The van der Waals surface area contributed by atoms with Crippen molar-refractivity contribution in [3.8, 4) is 0 Å². The van der Waals surface area contributed by atoms with E-state index in [0.717, 1.165) is 26.7 Å². The molecule has 0 radical (unpaired) electrons. The van der Waals surface area contributed by atoms with Crippen molar-refractivity contribution >= 4 is 10.9 Å². The summed E-state index contributed by atoms with van der Waals surface area (Å²) in [5.74, 6) is 4.72. The van der Waals surface area contributed by atoms with E-state index in [9.17, 15) is 0 Å². The molecule has 6 rings (SSSR count). The lowest BCUT2D eigenvalue weighted by atomic mass is 9.68. The van der Waals surface area contributed by atoms with Crippen LogP contribution in [0.3, 0.4) is 0 Å². The second-order valence-electron chi connectivity index (χ2n) is 9.46. The van der Waals surface area contributed by atoms with Crippen LogP contribution in [0.2, 0.25) is 0 Å². The standard InChI is InChI=1S/C18H28S/c1-10-18-9-11-4-5-13(11)14(18)8-12-6-7-16(2)15(19(10)18)17(12,16)3/h10-15,19H,4-9H2,1-3H3. The van der Waals surface area contributed by atoms with Crippen LogP contribution in [0.1, 0.15) is 59.3 Å². The van der Waals surface area contributed by atoms with Crippen LogP contribution in [0.5, 0.6) is 0 Å². The molecule has 6 fully saturated rings. The molecule has 2 aliphatic heterocycles. The van der Waals surface area contributed by atoms with Gasteiger partial charge >= 0.3 is 0 Å². The molecule has 0 amide bonds. The zero-order chi connectivity index (χ0) is 12.8. The second kappa shape index (κ2) is 2.69. The normalized spacial score (nSPS) is 80.1. The van der Waals surface area contributed by atoms with E-state index >= 15 is 0 Å². The van der Waals surface area contributed by atoms with Crippen molar-refractivity contribution < 1.29 is 0 Å². The van der Waals surface area contributed by atoms with Crippen molar-refractivity contribution in [1.29, 1.82) is 0 Å². The number of hydrogen-bond acceptors (Lipinski definition) is 0. The van der Waals surface area contributed by atoms with Crippen molar-refractivity contribution in [3.63, 3.8) is 0 Å². The van der Waals surface area contributed by atoms with Crippen molar-refractivity contribution in [3.05, 3.63) is 0 Å². The fourth-order valence-electron chi connectivity index (χ4n) is 8.48. The highest BCUT2D eigenvalue weighted by Crippen LogP contribution is 2.96. The molecule has 19 heavy (non-hydrogen) atoms. The van der Waals surface area contributed by atoms with E-state index in [1.165, 1.54) is 23.0 Å². The Morgan fingerprint density at radius 1 is 1.11 bits per heavy atom. The van der Waals surface area contributed by atoms with E-state index in [0.29, 0.717) is 10.9 Å². The van der Waals surface area contributed by atoms with Gasteiger partial charge in [-0.25, -0.2) is 10.9 Å².